The Morgan fingerprint density at radius 2 is 2.15 bits per heavy atom. The molecule has 0 rings (SSSR count). The first-order valence-electron chi connectivity index (χ1n) is 4.38. The number of rotatable bonds is 6. The van der Waals surface area contributed by atoms with Gasteiger partial charge in [-0.2, -0.15) is 11.8 Å². The highest BCUT2D eigenvalue weighted by atomic mass is 32.2. The van der Waals surface area contributed by atoms with Crippen LogP contribution in [-0.4, -0.2) is 42.2 Å². The van der Waals surface area contributed by atoms with Crippen LogP contribution < -0.4 is 0 Å². The lowest BCUT2D eigenvalue weighted by atomic mass is 10.3. The van der Waals surface area contributed by atoms with Gasteiger partial charge < -0.3 is 9.69 Å². The summed E-state index contributed by atoms with van der Waals surface area (Å²) < 4.78 is 0. The van der Waals surface area contributed by atoms with Crippen LogP contribution in [0.15, 0.2) is 0 Å². The maximum Gasteiger partial charge on any atom is 0.223 e. The van der Waals surface area contributed by atoms with E-state index >= 15 is 0 Å². The number of nitrogens with zero attached hydrogens (tertiary/aromatic N) is 1. The van der Waals surface area contributed by atoms with Crippen molar-refractivity contribution < 1.29 is 9.59 Å². The van der Waals surface area contributed by atoms with E-state index in [0.29, 0.717) is 6.42 Å². The first kappa shape index (κ1) is 12.5. The highest BCUT2D eigenvalue weighted by molar-refractivity contribution is 8.00. The fourth-order valence-corrected chi connectivity index (χ4v) is 1.65. The van der Waals surface area contributed by atoms with Crippen molar-refractivity contribution in [3.63, 3.8) is 0 Å². The molecule has 0 spiro atoms. The van der Waals surface area contributed by atoms with Gasteiger partial charge in [-0.05, 0) is 12.2 Å². The minimum absolute atomic E-state index is 0.0145. The van der Waals surface area contributed by atoms with Gasteiger partial charge in [-0.15, -0.1) is 0 Å². The van der Waals surface area contributed by atoms with Crippen molar-refractivity contribution in [1.29, 1.82) is 0 Å². The number of hydrogen-bond acceptors (Lipinski definition) is 3. The van der Waals surface area contributed by atoms with Gasteiger partial charge in [0.15, 0.2) is 0 Å². The second-order valence-electron chi connectivity index (χ2n) is 3.04. The molecule has 0 saturated carbocycles. The Hall–Kier alpha value is -0.510. The molecular formula is C9H17NO2S. The lowest BCUT2D eigenvalue weighted by Gasteiger charge is -2.13. The van der Waals surface area contributed by atoms with E-state index < -0.39 is 0 Å². The van der Waals surface area contributed by atoms with Gasteiger partial charge in [0.1, 0.15) is 6.29 Å². The van der Waals surface area contributed by atoms with E-state index in [0.717, 1.165) is 18.5 Å². The molecule has 0 aromatic rings. The molecule has 0 aliphatic heterocycles. The minimum Gasteiger partial charge on any atom is -0.349 e. The first-order valence-corrected chi connectivity index (χ1v) is 5.43. The molecule has 3 nitrogen and oxygen atoms in total. The molecule has 1 atom stereocenters. The molecule has 1 unspecified atom stereocenters. The Morgan fingerprint density at radius 3 is 2.54 bits per heavy atom. The molecule has 0 fully saturated rings. The third-order valence-corrected chi connectivity index (χ3v) is 2.91. The van der Waals surface area contributed by atoms with Crippen molar-refractivity contribution in [3.05, 3.63) is 0 Å². The minimum atomic E-state index is -0.171. The molecule has 0 N–H and O–H groups in total. The van der Waals surface area contributed by atoms with Gasteiger partial charge >= 0.3 is 0 Å². The van der Waals surface area contributed by atoms with Crippen molar-refractivity contribution >= 4 is 24.0 Å². The molecule has 0 aliphatic carbocycles. The summed E-state index contributed by atoms with van der Waals surface area (Å²) in [4.78, 5) is 23.3. The summed E-state index contributed by atoms with van der Waals surface area (Å²) >= 11 is 1.55. The Labute approximate surface area is 83.9 Å². The van der Waals surface area contributed by atoms with Crippen LogP contribution in [0.3, 0.4) is 0 Å². The average Bonchev–Trinajstić information content (AvgIpc) is 2.11. The topological polar surface area (TPSA) is 37.4 Å². The van der Waals surface area contributed by atoms with E-state index in [2.05, 4.69) is 6.92 Å². The summed E-state index contributed by atoms with van der Waals surface area (Å²) in [5.74, 6) is 0.949. The number of amides is 1. The van der Waals surface area contributed by atoms with E-state index in [4.69, 9.17) is 0 Å². The first-order chi connectivity index (χ1) is 6.11. The maximum atomic E-state index is 11.2. The summed E-state index contributed by atoms with van der Waals surface area (Å²) in [7, 11) is 3.41. The van der Waals surface area contributed by atoms with Gasteiger partial charge in [0, 0.05) is 20.5 Å². The molecule has 0 radical (unpaired) electrons. The van der Waals surface area contributed by atoms with Gasteiger partial charge in [0.2, 0.25) is 5.91 Å². The maximum absolute atomic E-state index is 11.2. The van der Waals surface area contributed by atoms with Gasteiger partial charge in [-0.1, -0.05) is 6.92 Å². The average molecular weight is 203 g/mol. The predicted molar refractivity (Wildman–Crippen MR) is 55.9 cm³/mol. The normalized spacial score (nSPS) is 12.2. The molecule has 0 bridgehead atoms. The number of thioether (sulfide) groups is 1. The summed E-state index contributed by atoms with van der Waals surface area (Å²) in [6, 6.07) is 0. The van der Waals surface area contributed by atoms with E-state index in [1.807, 2.05) is 0 Å². The van der Waals surface area contributed by atoms with Gasteiger partial charge in [0.05, 0.1) is 5.25 Å². The molecule has 76 valence electrons. The zero-order chi connectivity index (χ0) is 10.3. The molecule has 1 amide bonds. The number of aldehydes is 1. The second-order valence-corrected chi connectivity index (χ2v) is 4.38. The molecule has 4 heteroatoms. The molecule has 0 saturated heterocycles. The van der Waals surface area contributed by atoms with Crippen molar-refractivity contribution in [2.75, 3.05) is 19.8 Å². The molecule has 0 aromatic heterocycles. The zero-order valence-corrected chi connectivity index (χ0v) is 9.26. The fraction of sp³-hybridized carbons (Fsp3) is 0.778. The van der Waals surface area contributed by atoms with Crippen LogP contribution in [0.25, 0.3) is 0 Å². The summed E-state index contributed by atoms with van der Waals surface area (Å²) in [6.45, 7) is 2.06. The highest BCUT2D eigenvalue weighted by Crippen LogP contribution is 2.14. The fourth-order valence-electron chi connectivity index (χ4n) is 0.770. The van der Waals surface area contributed by atoms with Gasteiger partial charge in [0.25, 0.3) is 0 Å². The Bertz CT molecular complexity index is 171. The van der Waals surface area contributed by atoms with Crippen LogP contribution in [-0.2, 0) is 9.59 Å². The standard InChI is InChI=1S/C9H17NO2S/c1-4-5-13-8(7-11)6-9(12)10(2)3/h7-8H,4-6H2,1-3H3. The SMILES string of the molecule is CCCSC(C=O)CC(=O)N(C)C. The van der Waals surface area contributed by atoms with Crippen molar-refractivity contribution in [2.24, 2.45) is 0 Å². The van der Waals surface area contributed by atoms with Crippen LogP contribution in [0, 0.1) is 0 Å². The predicted octanol–water partition coefficient (Wildman–Crippen LogP) is 1.18. The van der Waals surface area contributed by atoms with E-state index in [1.165, 1.54) is 4.90 Å². The number of hydrogen-bond donors (Lipinski definition) is 0. The molecule has 13 heavy (non-hydrogen) atoms. The van der Waals surface area contributed by atoms with E-state index in [-0.39, 0.29) is 11.2 Å². The third-order valence-electron chi connectivity index (χ3n) is 1.56. The van der Waals surface area contributed by atoms with Crippen molar-refractivity contribution in [1.82, 2.24) is 4.90 Å². The van der Waals surface area contributed by atoms with E-state index in [1.54, 1.807) is 25.9 Å². The smallest absolute Gasteiger partial charge is 0.223 e. The lowest BCUT2D eigenvalue weighted by molar-refractivity contribution is -0.129. The van der Waals surface area contributed by atoms with Crippen LogP contribution in [0.2, 0.25) is 0 Å². The van der Waals surface area contributed by atoms with Crippen molar-refractivity contribution in [2.45, 2.75) is 25.0 Å². The van der Waals surface area contributed by atoms with Gasteiger partial charge in [-0.3, -0.25) is 4.79 Å². The highest BCUT2D eigenvalue weighted by Gasteiger charge is 2.13. The second kappa shape index (κ2) is 6.95. The Balaban J connectivity index is 3.83. The largest absolute Gasteiger partial charge is 0.349 e. The Kier molecular flexibility index (Phi) is 6.68. The van der Waals surface area contributed by atoms with E-state index in [9.17, 15) is 9.59 Å². The van der Waals surface area contributed by atoms with Crippen LogP contribution in [0.4, 0.5) is 0 Å². The van der Waals surface area contributed by atoms with Crippen LogP contribution >= 0.6 is 11.8 Å². The zero-order valence-electron chi connectivity index (χ0n) is 8.45. The molecule has 0 aliphatic rings. The summed E-state index contributed by atoms with van der Waals surface area (Å²) in [6.07, 6.45) is 2.22. The quantitative estimate of drug-likeness (QED) is 0.608. The van der Waals surface area contributed by atoms with Crippen molar-refractivity contribution in [3.8, 4) is 0 Å². The van der Waals surface area contributed by atoms with Crippen LogP contribution in [0.5, 0.6) is 0 Å². The monoisotopic (exact) mass is 203 g/mol. The molecule has 0 aromatic carbocycles. The summed E-state index contributed by atoms with van der Waals surface area (Å²) in [5, 5.41) is -0.171. The molecule has 0 heterocycles. The molecular weight excluding hydrogens is 186 g/mol. The van der Waals surface area contributed by atoms with Gasteiger partial charge in [-0.25, -0.2) is 0 Å². The third kappa shape index (κ3) is 5.69. The summed E-state index contributed by atoms with van der Waals surface area (Å²) in [5.41, 5.74) is 0. The Morgan fingerprint density at radius 1 is 1.54 bits per heavy atom. The lowest BCUT2D eigenvalue weighted by Crippen LogP contribution is -2.25. The number of carbonyl (C=O) groups excluding carboxylic acids is 2. The number of carbonyl (C=O) groups is 2. The van der Waals surface area contributed by atoms with Crippen LogP contribution in [0.1, 0.15) is 19.8 Å².